The van der Waals surface area contributed by atoms with Crippen LogP contribution in [0.1, 0.15) is 19.8 Å². The molecule has 1 aromatic rings. The summed E-state index contributed by atoms with van der Waals surface area (Å²) >= 11 is 0. The van der Waals surface area contributed by atoms with Crippen molar-refractivity contribution in [1.82, 2.24) is 9.97 Å². The van der Waals surface area contributed by atoms with Crippen LogP contribution >= 0.6 is 0 Å². The van der Waals surface area contributed by atoms with E-state index in [1.165, 1.54) is 0 Å². The molecule has 0 amide bonds. The summed E-state index contributed by atoms with van der Waals surface area (Å²) in [7, 11) is 0. The second kappa shape index (κ2) is 6.67. The van der Waals surface area contributed by atoms with E-state index in [2.05, 4.69) is 20.7 Å². The van der Waals surface area contributed by atoms with Gasteiger partial charge in [-0.25, -0.2) is 10.8 Å². The number of hydrogen-bond donors (Lipinski definition) is 4. The molecular weight excluding hydrogens is 240 g/mol. The third-order valence-corrected chi connectivity index (χ3v) is 2.27. The fourth-order valence-corrected chi connectivity index (χ4v) is 1.39. The van der Waals surface area contributed by atoms with Gasteiger partial charge in [-0.05, 0) is 19.8 Å². The molecule has 1 atom stereocenters. The van der Waals surface area contributed by atoms with Crippen molar-refractivity contribution in [2.45, 2.75) is 25.8 Å². The van der Waals surface area contributed by atoms with Crippen LogP contribution < -0.4 is 16.6 Å². The molecule has 9 nitrogen and oxygen atoms in total. The first-order valence-corrected chi connectivity index (χ1v) is 5.44. The summed E-state index contributed by atoms with van der Waals surface area (Å²) in [5.74, 6) is 5.35. The normalized spacial score (nSPS) is 11.9. The fourth-order valence-electron chi connectivity index (χ4n) is 1.39. The van der Waals surface area contributed by atoms with Gasteiger partial charge in [0.25, 0.3) is 0 Å². The van der Waals surface area contributed by atoms with Crippen molar-refractivity contribution in [2.24, 2.45) is 5.84 Å². The lowest BCUT2D eigenvalue weighted by Crippen LogP contribution is -2.19. The van der Waals surface area contributed by atoms with Crippen molar-refractivity contribution < 1.29 is 10.0 Å². The highest BCUT2D eigenvalue weighted by Gasteiger charge is 2.18. The van der Waals surface area contributed by atoms with Crippen molar-refractivity contribution in [3.63, 3.8) is 0 Å². The molecule has 0 bridgehead atoms. The average molecular weight is 256 g/mol. The SMILES string of the molecule is CC(CCCO)Nc1nc(NN)ncc1[N+](=O)[O-]. The molecule has 1 unspecified atom stereocenters. The number of aliphatic hydroxyl groups excluding tert-OH is 1. The molecule has 1 aromatic heterocycles. The molecule has 0 saturated carbocycles. The van der Waals surface area contributed by atoms with Crippen molar-refractivity contribution in [2.75, 3.05) is 17.3 Å². The minimum Gasteiger partial charge on any atom is -0.396 e. The minimum absolute atomic E-state index is 0.0589. The molecule has 0 aliphatic rings. The van der Waals surface area contributed by atoms with Gasteiger partial charge < -0.3 is 10.4 Å². The van der Waals surface area contributed by atoms with Crippen molar-refractivity contribution in [1.29, 1.82) is 0 Å². The Morgan fingerprint density at radius 1 is 1.67 bits per heavy atom. The third kappa shape index (κ3) is 3.79. The maximum Gasteiger partial charge on any atom is 0.329 e. The van der Waals surface area contributed by atoms with Crippen LogP contribution in [0, 0.1) is 10.1 Å². The molecule has 0 fully saturated rings. The Kier molecular flexibility index (Phi) is 5.21. The number of anilines is 2. The summed E-state index contributed by atoms with van der Waals surface area (Å²) in [6.07, 6.45) is 2.36. The van der Waals surface area contributed by atoms with E-state index < -0.39 is 4.92 Å². The van der Waals surface area contributed by atoms with Gasteiger partial charge in [0.15, 0.2) is 0 Å². The van der Waals surface area contributed by atoms with Crippen molar-refractivity contribution in [3.8, 4) is 0 Å². The van der Waals surface area contributed by atoms with Gasteiger partial charge >= 0.3 is 5.69 Å². The number of aliphatic hydroxyl groups is 1. The zero-order valence-corrected chi connectivity index (χ0v) is 9.96. The van der Waals surface area contributed by atoms with Crippen LogP contribution in [0.2, 0.25) is 0 Å². The Labute approximate surface area is 104 Å². The third-order valence-electron chi connectivity index (χ3n) is 2.27. The number of nitro groups is 1. The lowest BCUT2D eigenvalue weighted by molar-refractivity contribution is -0.384. The molecule has 18 heavy (non-hydrogen) atoms. The van der Waals surface area contributed by atoms with Crippen LogP contribution in [0.4, 0.5) is 17.5 Å². The molecule has 0 aliphatic carbocycles. The highest BCUT2D eigenvalue weighted by molar-refractivity contribution is 5.57. The molecule has 5 N–H and O–H groups in total. The van der Waals surface area contributed by atoms with Gasteiger partial charge in [0, 0.05) is 12.6 Å². The van der Waals surface area contributed by atoms with E-state index in [-0.39, 0.29) is 30.1 Å². The largest absolute Gasteiger partial charge is 0.396 e. The highest BCUT2D eigenvalue weighted by Crippen LogP contribution is 2.22. The number of rotatable bonds is 7. The van der Waals surface area contributed by atoms with Crippen LogP contribution in [-0.2, 0) is 0 Å². The van der Waals surface area contributed by atoms with Gasteiger partial charge in [0.1, 0.15) is 6.20 Å². The number of nitrogen functional groups attached to an aromatic ring is 1. The number of hydrazine groups is 1. The fraction of sp³-hybridized carbons (Fsp3) is 0.556. The first-order chi connectivity index (χ1) is 8.58. The number of nitrogens with zero attached hydrogens (tertiary/aromatic N) is 3. The van der Waals surface area contributed by atoms with Gasteiger partial charge in [-0.2, -0.15) is 4.98 Å². The summed E-state index contributed by atoms with van der Waals surface area (Å²) < 4.78 is 0. The molecule has 1 heterocycles. The van der Waals surface area contributed by atoms with Gasteiger partial charge in [-0.3, -0.25) is 15.5 Å². The van der Waals surface area contributed by atoms with Gasteiger partial charge in [0.2, 0.25) is 11.8 Å². The van der Waals surface area contributed by atoms with E-state index in [9.17, 15) is 10.1 Å². The lowest BCUT2D eigenvalue weighted by atomic mass is 10.2. The van der Waals surface area contributed by atoms with E-state index in [0.29, 0.717) is 12.8 Å². The average Bonchev–Trinajstić information content (AvgIpc) is 2.35. The summed E-state index contributed by atoms with van der Waals surface area (Å²) in [6.45, 7) is 1.92. The molecule has 0 saturated heterocycles. The monoisotopic (exact) mass is 256 g/mol. The zero-order valence-electron chi connectivity index (χ0n) is 9.96. The molecule has 100 valence electrons. The summed E-state index contributed by atoms with van der Waals surface area (Å²) in [5, 5.41) is 22.4. The summed E-state index contributed by atoms with van der Waals surface area (Å²) in [6, 6.07) is -0.0589. The lowest BCUT2D eigenvalue weighted by Gasteiger charge is -2.14. The number of nitrogens with two attached hydrogens (primary N) is 1. The molecule has 0 radical (unpaired) electrons. The van der Waals surface area contributed by atoms with Crippen molar-refractivity contribution >= 4 is 17.5 Å². The second-order valence-corrected chi connectivity index (χ2v) is 3.74. The Hall–Kier alpha value is -2.00. The van der Waals surface area contributed by atoms with Gasteiger partial charge in [-0.15, -0.1) is 0 Å². The standard InChI is InChI=1S/C9H16N6O3/c1-6(3-2-4-16)12-8-7(15(17)18)5-11-9(13-8)14-10/h5-6,16H,2-4,10H2,1H3,(H2,11,12,13,14). The quantitative estimate of drug-likeness (QED) is 0.309. The minimum atomic E-state index is -0.568. The Morgan fingerprint density at radius 3 is 2.94 bits per heavy atom. The van der Waals surface area contributed by atoms with Crippen LogP contribution in [0.15, 0.2) is 6.20 Å². The Balaban J connectivity index is 2.86. The molecule has 9 heteroatoms. The van der Waals surface area contributed by atoms with E-state index in [1.807, 2.05) is 6.92 Å². The molecule has 1 rings (SSSR count). The predicted molar refractivity (Wildman–Crippen MR) is 65.9 cm³/mol. The van der Waals surface area contributed by atoms with Crippen LogP contribution in [-0.4, -0.2) is 32.6 Å². The maximum absolute atomic E-state index is 10.8. The smallest absolute Gasteiger partial charge is 0.329 e. The number of nitrogens with one attached hydrogen (secondary N) is 2. The number of aromatic nitrogens is 2. The summed E-state index contributed by atoms with van der Waals surface area (Å²) in [4.78, 5) is 17.8. The Bertz CT molecular complexity index is 413. The first-order valence-electron chi connectivity index (χ1n) is 5.44. The zero-order chi connectivity index (χ0) is 13.5. The second-order valence-electron chi connectivity index (χ2n) is 3.74. The molecular formula is C9H16N6O3. The summed E-state index contributed by atoms with van der Waals surface area (Å²) in [5.41, 5.74) is 2.01. The number of hydrogen-bond acceptors (Lipinski definition) is 8. The van der Waals surface area contributed by atoms with Crippen LogP contribution in [0.25, 0.3) is 0 Å². The van der Waals surface area contributed by atoms with E-state index in [1.54, 1.807) is 0 Å². The highest BCUT2D eigenvalue weighted by atomic mass is 16.6. The Morgan fingerprint density at radius 2 is 2.39 bits per heavy atom. The van der Waals surface area contributed by atoms with Gasteiger partial charge in [0.05, 0.1) is 4.92 Å². The van der Waals surface area contributed by atoms with Crippen LogP contribution in [0.5, 0.6) is 0 Å². The topological polar surface area (TPSA) is 139 Å². The molecule has 0 spiro atoms. The molecule has 0 aromatic carbocycles. The van der Waals surface area contributed by atoms with E-state index >= 15 is 0 Å². The van der Waals surface area contributed by atoms with Gasteiger partial charge in [-0.1, -0.05) is 0 Å². The van der Waals surface area contributed by atoms with Crippen molar-refractivity contribution in [3.05, 3.63) is 16.3 Å². The maximum atomic E-state index is 10.8. The van der Waals surface area contributed by atoms with E-state index in [4.69, 9.17) is 10.9 Å². The predicted octanol–water partition coefficient (Wildman–Crippen LogP) is 0.243. The first kappa shape index (κ1) is 14.1. The van der Waals surface area contributed by atoms with E-state index in [0.717, 1.165) is 6.20 Å². The van der Waals surface area contributed by atoms with Crippen LogP contribution in [0.3, 0.4) is 0 Å². The molecule has 0 aliphatic heterocycles.